The Morgan fingerprint density at radius 1 is 0.323 bits per heavy atom. The molecule has 15 heteroatoms. The summed E-state index contributed by atoms with van der Waals surface area (Å²) in [7, 11) is 0. The molecule has 492 valence electrons. The average molecular weight is 1300 g/mol. The number of unbranched alkanes of at least 4 members (excludes halogenated alkanes) is 4. The van der Waals surface area contributed by atoms with Gasteiger partial charge in [-0.15, -0.1) is 0 Å². The maximum Gasteiger partial charge on any atom is 0.453 e. The Balaban J connectivity index is 0.865. The van der Waals surface area contributed by atoms with Crippen LogP contribution in [0.5, 0.6) is 23.0 Å². The smallest absolute Gasteiger partial charge is 0.453 e. The van der Waals surface area contributed by atoms with Crippen LogP contribution in [0.25, 0.3) is 22.3 Å². The molecule has 8 aromatic rings. The SMILES string of the molecule is CC/C(=C(/c1ccc(OCCCCCC(CCC(F)(F)C(F)(F)F)SC(CCCCCOc2ccc(/C(=C(/CC)c3ccccc3)c3ccc(OCc4ccccc4)cc3)cc2)CCC(F)(F)C(F)(F)F)cc1)c1ccc(OCc2ccccc2)cc1)c1ccccc1. The summed E-state index contributed by atoms with van der Waals surface area (Å²) in [5.41, 5.74) is 12.6. The van der Waals surface area contributed by atoms with Gasteiger partial charge in [0.05, 0.1) is 13.2 Å². The van der Waals surface area contributed by atoms with Crippen LogP contribution in [0.4, 0.5) is 43.9 Å². The van der Waals surface area contributed by atoms with Crippen molar-refractivity contribution in [3.05, 3.63) is 263 Å². The standard InChI is InChI=1S/C78H80F10O4S/c1-3-71(59-27-15-7-16-28-59)73(63-37-45-67(46-38-63)91-55-57-23-11-5-12-24-57)61-33-41-65(42-34-61)89-53-21-9-19-31-69(49-51-75(79,80)77(83,84)85)93-70(50-52-76(81,82)78(86,87)88)32-20-10-22-54-90-66-43-35-62(36-44-66)74(72(4-2)60-29-17-8-18-30-60)64-39-47-68(48-40-64)92-56-58-25-13-6-14-26-58/h5-8,11-18,23-30,33-48,69-70H,3-4,9-10,19-22,31-32,49-56H2,1-2H3/b73-71+,74-72+. The Bertz CT molecular complexity index is 3290. The summed E-state index contributed by atoms with van der Waals surface area (Å²) >= 11 is 0.942. The fourth-order valence-corrected chi connectivity index (χ4v) is 12.9. The lowest BCUT2D eigenvalue weighted by Gasteiger charge is -2.28. The van der Waals surface area contributed by atoms with E-state index < -0.39 is 60.4 Å². The predicted molar refractivity (Wildman–Crippen MR) is 356 cm³/mol. The van der Waals surface area contributed by atoms with E-state index in [0.717, 1.165) is 103 Å². The molecule has 93 heavy (non-hydrogen) atoms. The molecule has 0 amide bonds. The molecule has 0 aliphatic heterocycles. The van der Waals surface area contributed by atoms with E-state index in [-0.39, 0.29) is 26.1 Å². The molecular weight excluding hydrogens is 1220 g/mol. The van der Waals surface area contributed by atoms with E-state index in [1.54, 1.807) is 0 Å². The zero-order valence-electron chi connectivity index (χ0n) is 52.5. The molecule has 0 fully saturated rings. The van der Waals surface area contributed by atoms with Crippen molar-refractivity contribution >= 4 is 34.1 Å². The molecule has 0 aromatic heterocycles. The van der Waals surface area contributed by atoms with Gasteiger partial charge in [-0.1, -0.05) is 209 Å². The Morgan fingerprint density at radius 3 is 0.903 bits per heavy atom. The molecule has 8 rings (SSSR count). The third kappa shape index (κ3) is 21.6. The van der Waals surface area contributed by atoms with Gasteiger partial charge in [0.2, 0.25) is 0 Å². The molecule has 0 saturated carbocycles. The first-order valence-corrected chi connectivity index (χ1v) is 32.9. The number of halogens is 10. The van der Waals surface area contributed by atoms with Crippen LogP contribution in [0.2, 0.25) is 0 Å². The molecule has 0 aliphatic rings. The van der Waals surface area contributed by atoms with E-state index in [1.165, 1.54) is 0 Å². The quantitative estimate of drug-likeness (QED) is 0.0222. The van der Waals surface area contributed by atoms with Crippen LogP contribution in [0, 0.1) is 0 Å². The van der Waals surface area contributed by atoms with Crippen LogP contribution in [0.15, 0.2) is 218 Å². The fourth-order valence-electron chi connectivity index (χ4n) is 11.2. The summed E-state index contributed by atoms with van der Waals surface area (Å²) in [6.45, 7) is 5.62. The summed E-state index contributed by atoms with van der Waals surface area (Å²) < 4.78 is 163. The van der Waals surface area contributed by atoms with Crippen molar-refractivity contribution in [1.29, 1.82) is 0 Å². The zero-order chi connectivity index (χ0) is 66.1. The average Bonchev–Trinajstić information content (AvgIpc) is 1.65. The van der Waals surface area contributed by atoms with E-state index in [0.29, 0.717) is 63.2 Å². The molecule has 0 N–H and O–H groups in total. The lowest BCUT2D eigenvalue weighted by atomic mass is 9.88. The normalized spacial score (nSPS) is 13.4. The first kappa shape index (κ1) is 70.9. The van der Waals surface area contributed by atoms with Crippen molar-refractivity contribution in [2.24, 2.45) is 0 Å². The lowest BCUT2D eigenvalue weighted by molar-refractivity contribution is -0.284. The number of alkyl halides is 10. The Hall–Kier alpha value is -7.91. The summed E-state index contributed by atoms with van der Waals surface area (Å²) in [4.78, 5) is 0. The molecule has 0 bridgehead atoms. The highest BCUT2D eigenvalue weighted by Gasteiger charge is 2.58. The van der Waals surface area contributed by atoms with Gasteiger partial charge in [-0.3, -0.25) is 0 Å². The van der Waals surface area contributed by atoms with E-state index in [1.807, 2.05) is 194 Å². The van der Waals surface area contributed by atoms with Gasteiger partial charge in [0.1, 0.15) is 36.2 Å². The largest absolute Gasteiger partial charge is 0.494 e. The van der Waals surface area contributed by atoms with Gasteiger partial charge in [0.15, 0.2) is 0 Å². The van der Waals surface area contributed by atoms with Crippen molar-refractivity contribution in [3.8, 4) is 23.0 Å². The highest BCUT2D eigenvalue weighted by molar-refractivity contribution is 8.00. The van der Waals surface area contributed by atoms with E-state index in [2.05, 4.69) is 38.1 Å². The van der Waals surface area contributed by atoms with Crippen LogP contribution in [0.1, 0.15) is 148 Å². The molecule has 2 atom stereocenters. The maximum atomic E-state index is 14.5. The molecule has 0 radical (unpaired) electrons. The third-order valence-corrected chi connectivity index (χ3v) is 18.0. The molecule has 0 saturated heterocycles. The number of benzene rings is 8. The lowest BCUT2D eigenvalue weighted by Crippen LogP contribution is -2.37. The highest BCUT2D eigenvalue weighted by atomic mass is 32.2. The molecular formula is C78H80F10O4S. The summed E-state index contributed by atoms with van der Waals surface area (Å²) in [5.74, 6) is -7.37. The molecule has 2 unspecified atom stereocenters. The Morgan fingerprint density at radius 2 is 0.613 bits per heavy atom. The first-order valence-electron chi connectivity index (χ1n) is 31.9. The van der Waals surface area contributed by atoms with E-state index in [9.17, 15) is 43.9 Å². The monoisotopic (exact) mass is 1300 g/mol. The van der Waals surface area contributed by atoms with Crippen molar-refractivity contribution in [2.75, 3.05) is 13.2 Å². The van der Waals surface area contributed by atoms with Crippen LogP contribution in [-0.2, 0) is 13.2 Å². The molecule has 4 nitrogen and oxygen atoms in total. The number of allylic oxidation sites excluding steroid dienone is 2. The second-order valence-electron chi connectivity index (χ2n) is 23.0. The zero-order valence-corrected chi connectivity index (χ0v) is 53.3. The number of rotatable bonds is 36. The topological polar surface area (TPSA) is 36.9 Å². The van der Waals surface area contributed by atoms with E-state index >= 15 is 0 Å². The van der Waals surface area contributed by atoms with Crippen molar-refractivity contribution in [2.45, 2.75) is 152 Å². The van der Waals surface area contributed by atoms with E-state index in [4.69, 9.17) is 18.9 Å². The van der Waals surface area contributed by atoms with Gasteiger partial charge in [0, 0.05) is 23.3 Å². The van der Waals surface area contributed by atoms with Crippen molar-refractivity contribution in [3.63, 3.8) is 0 Å². The third-order valence-electron chi connectivity index (χ3n) is 16.3. The minimum Gasteiger partial charge on any atom is -0.494 e. The number of hydrogen-bond donors (Lipinski definition) is 0. The van der Waals surface area contributed by atoms with Gasteiger partial charge in [-0.05, 0) is 167 Å². The molecule has 8 aromatic carbocycles. The fraction of sp³-hybridized carbons (Fsp3) is 0.333. The Kier molecular flexibility index (Phi) is 26.6. The molecule has 0 heterocycles. The number of thioether (sulfide) groups is 1. The van der Waals surface area contributed by atoms with Gasteiger partial charge in [0.25, 0.3) is 0 Å². The van der Waals surface area contributed by atoms with Crippen molar-refractivity contribution < 1.29 is 62.9 Å². The number of hydrogen-bond acceptors (Lipinski definition) is 5. The maximum absolute atomic E-state index is 14.5. The Labute approximate surface area is 545 Å². The first-order chi connectivity index (χ1) is 44.8. The molecule has 0 aliphatic carbocycles. The van der Waals surface area contributed by atoms with Gasteiger partial charge >= 0.3 is 24.2 Å². The van der Waals surface area contributed by atoms with Gasteiger partial charge < -0.3 is 18.9 Å². The van der Waals surface area contributed by atoms with Crippen LogP contribution >= 0.6 is 11.8 Å². The van der Waals surface area contributed by atoms with Crippen LogP contribution < -0.4 is 18.9 Å². The summed E-state index contributed by atoms with van der Waals surface area (Å²) in [5, 5.41) is -1.75. The summed E-state index contributed by atoms with van der Waals surface area (Å²) in [6.07, 6.45) is -11.5. The second kappa shape index (κ2) is 34.8. The molecule has 0 spiro atoms. The predicted octanol–water partition coefficient (Wildman–Crippen LogP) is 23.6. The minimum absolute atomic E-state index is 0.141. The van der Waals surface area contributed by atoms with Crippen LogP contribution in [-0.4, -0.2) is 47.9 Å². The van der Waals surface area contributed by atoms with Crippen LogP contribution in [0.3, 0.4) is 0 Å². The van der Waals surface area contributed by atoms with Crippen molar-refractivity contribution in [1.82, 2.24) is 0 Å². The second-order valence-corrected chi connectivity index (χ2v) is 24.7. The van der Waals surface area contributed by atoms with Gasteiger partial charge in [-0.2, -0.15) is 55.7 Å². The summed E-state index contributed by atoms with van der Waals surface area (Å²) in [6, 6.07) is 71.6. The minimum atomic E-state index is -5.81. The number of ether oxygens (including phenoxy) is 4. The highest BCUT2D eigenvalue weighted by Crippen LogP contribution is 2.45. The van der Waals surface area contributed by atoms with Gasteiger partial charge in [-0.25, -0.2) is 0 Å².